The van der Waals surface area contributed by atoms with Crippen LogP contribution < -0.4 is 5.32 Å². The minimum Gasteiger partial charge on any atom is -0.443 e. The highest BCUT2D eigenvalue weighted by Gasteiger charge is 2.12. The van der Waals surface area contributed by atoms with Gasteiger partial charge in [-0.3, -0.25) is 0 Å². The molecule has 0 bridgehead atoms. The third-order valence-electron chi connectivity index (χ3n) is 2.18. The molecular weight excluding hydrogens is 234 g/mol. The average Bonchev–Trinajstić information content (AvgIpc) is 2.81. The molecule has 17 heavy (non-hydrogen) atoms. The zero-order valence-electron chi connectivity index (χ0n) is 10.6. The summed E-state index contributed by atoms with van der Waals surface area (Å²) in [5.41, 5.74) is 1.00. The van der Waals surface area contributed by atoms with Crippen molar-refractivity contribution in [3.05, 3.63) is 23.2 Å². The van der Waals surface area contributed by atoms with Gasteiger partial charge in [0.2, 0.25) is 5.89 Å². The number of aromatic nitrogens is 2. The summed E-state index contributed by atoms with van der Waals surface area (Å²) in [6.07, 6.45) is 3.50. The summed E-state index contributed by atoms with van der Waals surface area (Å²) in [7, 11) is 0. The largest absolute Gasteiger partial charge is 0.443 e. The SMILES string of the molecule is Cc1ncc(-c2nc(CNC(C)(C)C)co2)s1. The van der Waals surface area contributed by atoms with Crippen LogP contribution in [-0.2, 0) is 6.54 Å². The Kier molecular flexibility index (Phi) is 3.31. The fraction of sp³-hybridized carbons (Fsp3) is 0.500. The highest BCUT2D eigenvalue weighted by Crippen LogP contribution is 2.24. The van der Waals surface area contributed by atoms with Crippen molar-refractivity contribution >= 4 is 11.3 Å². The molecule has 0 aromatic carbocycles. The Morgan fingerprint density at radius 3 is 2.76 bits per heavy atom. The molecule has 0 amide bonds. The van der Waals surface area contributed by atoms with Crippen LogP contribution in [0.15, 0.2) is 16.9 Å². The van der Waals surface area contributed by atoms with E-state index in [-0.39, 0.29) is 5.54 Å². The summed E-state index contributed by atoms with van der Waals surface area (Å²) in [5, 5.41) is 4.39. The van der Waals surface area contributed by atoms with Gasteiger partial charge in [-0.15, -0.1) is 11.3 Å². The molecule has 0 saturated heterocycles. The van der Waals surface area contributed by atoms with Crippen molar-refractivity contribution < 1.29 is 4.42 Å². The highest BCUT2D eigenvalue weighted by molar-refractivity contribution is 7.14. The van der Waals surface area contributed by atoms with Crippen molar-refractivity contribution in [1.29, 1.82) is 0 Å². The highest BCUT2D eigenvalue weighted by atomic mass is 32.1. The Bertz CT molecular complexity index is 496. The van der Waals surface area contributed by atoms with Gasteiger partial charge >= 0.3 is 0 Å². The van der Waals surface area contributed by atoms with Gasteiger partial charge in [0.25, 0.3) is 0 Å². The first-order chi connectivity index (χ1) is 7.94. The topological polar surface area (TPSA) is 51.0 Å². The van der Waals surface area contributed by atoms with E-state index in [1.165, 1.54) is 0 Å². The van der Waals surface area contributed by atoms with Crippen LogP contribution in [0.25, 0.3) is 10.8 Å². The first-order valence-electron chi connectivity index (χ1n) is 5.56. The second-order valence-electron chi connectivity index (χ2n) is 4.99. The van der Waals surface area contributed by atoms with Crippen LogP contribution in [0.5, 0.6) is 0 Å². The minimum absolute atomic E-state index is 0.0835. The first kappa shape index (κ1) is 12.3. The lowest BCUT2D eigenvalue weighted by Crippen LogP contribution is -2.35. The number of hydrogen-bond acceptors (Lipinski definition) is 5. The molecule has 0 unspecified atom stereocenters. The van der Waals surface area contributed by atoms with Gasteiger partial charge in [-0.1, -0.05) is 0 Å². The molecule has 2 rings (SSSR count). The summed E-state index contributed by atoms with van der Waals surface area (Å²) < 4.78 is 5.45. The van der Waals surface area contributed by atoms with Crippen LogP contribution in [-0.4, -0.2) is 15.5 Å². The minimum atomic E-state index is 0.0835. The van der Waals surface area contributed by atoms with Crippen LogP contribution in [0.1, 0.15) is 31.5 Å². The van der Waals surface area contributed by atoms with Gasteiger partial charge in [-0.2, -0.15) is 0 Å². The van der Waals surface area contributed by atoms with E-state index in [1.54, 1.807) is 23.8 Å². The lowest BCUT2D eigenvalue weighted by atomic mass is 10.1. The molecule has 92 valence electrons. The fourth-order valence-corrected chi connectivity index (χ4v) is 2.03. The molecular formula is C12H17N3OS. The van der Waals surface area contributed by atoms with Crippen molar-refractivity contribution in [2.75, 3.05) is 0 Å². The molecule has 1 N–H and O–H groups in total. The summed E-state index contributed by atoms with van der Waals surface area (Å²) >= 11 is 1.59. The number of nitrogens with one attached hydrogen (secondary N) is 1. The Balaban J connectivity index is 2.06. The molecule has 2 heterocycles. The van der Waals surface area contributed by atoms with Crippen LogP contribution >= 0.6 is 11.3 Å². The molecule has 2 aromatic heterocycles. The van der Waals surface area contributed by atoms with E-state index in [4.69, 9.17) is 4.42 Å². The van der Waals surface area contributed by atoms with Crippen molar-refractivity contribution in [2.24, 2.45) is 0 Å². The number of aryl methyl sites for hydroxylation is 1. The van der Waals surface area contributed by atoms with Crippen LogP contribution in [0.4, 0.5) is 0 Å². The predicted molar refractivity (Wildman–Crippen MR) is 68.9 cm³/mol. The fourth-order valence-electron chi connectivity index (χ4n) is 1.32. The molecule has 0 radical (unpaired) electrons. The third kappa shape index (κ3) is 3.38. The third-order valence-corrected chi connectivity index (χ3v) is 3.08. The lowest BCUT2D eigenvalue weighted by molar-refractivity contribution is 0.421. The number of hydrogen-bond donors (Lipinski definition) is 1. The van der Waals surface area contributed by atoms with Crippen molar-refractivity contribution in [1.82, 2.24) is 15.3 Å². The van der Waals surface area contributed by atoms with Gasteiger partial charge in [0.1, 0.15) is 11.1 Å². The Morgan fingerprint density at radius 1 is 1.41 bits per heavy atom. The molecule has 0 aliphatic carbocycles. The normalized spacial score (nSPS) is 12.0. The van der Waals surface area contributed by atoms with Gasteiger partial charge in [0.15, 0.2) is 0 Å². The van der Waals surface area contributed by atoms with Gasteiger partial charge < -0.3 is 9.73 Å². The second kappa shape index (κ2) is 4.58. The Hall–Kier alpha value is -1.20. The monoisotopic (exact) mass is 251 g/mol. The van der Waals surface area contributed by atoms with E-state index in [2.05, 4.69) is 36.1 Å². The van der Waals surface area contributed by atoms with Crippen LogP contribution in [0.2, 0.25) is 0 Å². The molecule has 0 fully saturated rings. The predicted octanol–water partition coefficient (Wildman–Crippen LogP) is 2.99. The lowest BCUT2D eigenvalue weighted by Gasteiger charge is -2.19. The smallest absolute Gasteiger partial charge is 0.238 e. The first-order valence-corrected chi connectivity index (χ1v) is 6.38. The number of rotatable bonds is 3. The number of nitrogens with zero attached hydrogens (tertiary/aromatic N) is 2. The maximum Gasteiger partial charge on any atom is 0.238 e. The Labute approximate surface area is 105 Å². The van der Waals surface area contributed by atoms with Crippen LogP contribution in [0.3, 0.4) is 0 Å². The molecule has 0 atom stereocenters. The average molecular weight is 251 g/mol. The van der Waals surface area contributed by atoms with E-state index >= 15 is 0 Å². The second-order valence-corrected chi connectivity index (χ2v) is 6.23. The van der Waals surface area contributed by atoms with E-state index < -0.39 is 0 Å². The molecule has 2 aromatic rings. The van der Waals surface area contributed by atoms with Crippen molar-refractivity contribution in [3.63, 3.8) is 0 Å². The molecule has 0 aliphatic heterocycles. The van der Waals surface area contributed by atoms with Crippen molar-refractivity contribution in [3.8, 4) is 10.8 Å². The Morgan fingerprint density at radius 2 is 2.18 bits per heavy atom. The molecule has 0 aliphatic rings. The molecule has 5 heteroatoms. The standard InChI is InChI=1S/C12H17N3OS/c1-8-13-6-10(17-8)11-15-9(7-16-11)5-14-12(2,3)4/h6-7,14H,5H2,1-4H3. The van der Waals surface area contributed by atoms with E-state index in [0.29, 0.717) is 12.4 Å². The molecule has 0 saturated carbocycles. The van der Waals surface area contributed by atoms with Gasteiger partial charge in [-0.05, 0) is 27.7 Å². The zero-order chi connectivity index (χ0) is 12.5. The summed E-state index contributed by atoms with van der Waals surface area (Å²) in [6, 6.07) is 0. The molecule has 4 nitrogen and oxygen atoms in total. The van der Waals surface area contributed by atoms with Gasteiger partial charge in [0, 0.05) is 12.1 Å². The van der Waals surface area contributed by atoms with E-state index in [1.807, 2.05) is 6.92 Å². The van der Waals surface area contributed by atoms with Gasteiger partial charge in [0.05, 0.1) is 16.9 Å². The summed E-state index contributed by atoms with van der Waals surface area (Å²) in [6.45, 7) is 9.06. The quantitative estimate of drug-likeness (QED) is 0.911. The number of thiazole rings is 1. The van der Waals surface area contributed by atoms with Gasteiger partial charge in [-0.25, -0.2) is 9.97 Å². The number of oxazole rings is 1. The maximum absolute atomic E-state index is 5.45. The molecule has 0 spiro atoms. The van der Waals surface area contributed by atoms with Crippen LogP contribution in [0, 0.1) is 6.92 Å². The van der Waals surface area contributed by atoms with Crippen molar-refractivity contribution in [2.45, 2.75) is 39.8 Å². The zero-order valence-corrected chi connectivity index (χ0v) is 11.4. The summed E-state index contributed by atoms with van der Waals surface area (Å²) in [4.78, 5) is 9.60. The maximum atomic E-state index is 5.45. The van der Waals surface area contributed by atoms with E-state index in [9.17, 15) is 0 Å². The van der Waals surface area contributed by atoms with E-state index in [0.717, 1.165) is 15.6 Å². The summed E-state index contributed by atoms with van der Waals surface area (Å²) in [5.74, 6) is 0.654.